The third-order valence-electron chi connectivity index (χ3n) is 3.87. The average Bonchev–Trinajstić information content (AvgIpc) is 3.15. The first kappa shape index (κ1) is 15.6. The summed E-state index contributed by atoms with van der Waals surface area (Å²) in [5, 5.41) is 0. The van der Waals surface area contributed by atoms with Gasteiger partial charge in [0.1, 0.15) is 19.1 Å². The molecule has 0 bridgehead atoms. The molecule has 7 nitrogen and oxygen atoms in total. The summed E-state index contributed by atoms with van der Waals surface area (Å²) >= 11 is 0. The summed E-state index contributed by atoms with van der Waals surface area (Å²) in [6, 6.07) is 3.53. The molecule has 124 valence electrons. The number of carbonyl (C=O) groups excluding carboxylic acids is 1. The van der Waals surface area contributed by atoms with Gasteiger partial charge in [-0.1, -0.05) is 6.58 Å². The number of rotatable bonds is 6. The Bertz CT molecular complexity index is 625. The van der Waals surface area contributed by atoms with Crippen molar-refractivity contribution in [1.82, 2.24) is 0 Å². The van der Waals surface area contributed by atoms with Gasteiger partial charge in [0.05, 0.1) is 19.1 Å². The van der Waals surface area contributed by atoms with Crippen LogP contribution in [0.1, 0.15) is 11.7 Å². The van der Waals surface area contributed by atoms with Crippen LogP contribution < -0.4 is 14.2 Å². The molecule has 0 spiro atoms. The first-order chi connectivity index (χ1) is 11.2. The third kappa shape index (κ3) is 2.85. The van der Waals surface area contributed by atoms with Crippen LogP contribution in [0.3, 0.4) is 0 Å². The second kappa shape index (κ2) is 6.47. The van der Waals surface area contributed by atoms with Crippen molar-refractivity contribution in [2.24, 2.45) is 5.92 Å². The molecule has 0 saturated carbocycles. The fraction of sp³-hybridized carbons (Fsp3) is 0.438. The molecule has 1 aromatic rings. The van der Waals surface area contributed by atoms with Gasteiger partial charge in [-0.25, -0.2) is 4.79 Å². The quantitative estimate of drug-likeness (QED) is 0.449. The van der Waals surface area contributed by atoms with E-state index in [2.05, 4.69) is 6.58 Å². The van der Waals surface area contributed by atoms with E-state index in [1.807, 2.05) is 0 Å². The number of cyclic esters (lactones) is 1. The normalized spacial score (nSPS) is 20.5. The monoisotopic (exact) mass is 322 g/mol. The topological polar surface area (TPSA) is 72.5 Å². The van der Waals surface area contributed by atoms with Crippen molar-refractivity contribution in [3.63, 3.8) is 0 Å². The predicted molar refractivity (Wildman–Crippen MR) is 78.4 cm³/mol. The Morgan fingerprint density at radius 2 is 2.00 bits per heavy atom. The number of benzene rings is 1. The van der Waals surface area contributed by atoms with E-state index in [-0.39, 0.29) is 26.1 Å². The average molecular weight is 322 g/mol. The SMILES string of the molecule is C=C1C(=O)OC[C@@H]1[C@H](OCOC)c1cc2c(cc1OC)OCO2. The molecule has 2 aliphatic rings. The predicted octanol–water partition coefficient (Wildman–Crippen LogP) is 1.81. The van der Waals surface area contributed by atoms with Crippen LogP contribution in [0, 0.1) is 5.92 Å². The molecule has 1 saturated heterocycles. The molecule has 7 heteroatoms. The number of hydrogen-bond donors (Lipinski definition) is 0. The van der Waals surface area contributed by atoms with Gasteiger partial charge in [-0.3, -0.25) is 0 Å². The third-order valence-corrected chi connectivity index (χ3v) is 3.87. The molecule has 2 heterocycles. The summed E-state index contributed by atoms with van der Waals surface area (Å²) in [5.41, 5.74) is 1.09. The molecular formula is C16H18O7. The van der Waals surface area contributed by atoms with Crippen LogP contribution >= 0.6 is 0 Å². The van der Waals surface area contributed by atoms with Crippen LogP contribution in [0.4, 0.5) is 0 Å². The maximum Gasteiger partial charge on any atom is 0.333 e. The van der Waals surface area contributed by atoms with Gasteiger partial charge in [0, 0.05) is 24.3 Å². The van der Waals surface area contributed by atoms with Crippen molar-refractivity contribution >= 4 is 5.97 Å². The van der Waals surface area contributed by atoms with Gasteiger partial charge in [0.2, 0.25) is 6.79 Å². The minimum Gasteiger partial charge on any atom is -0.496 e. The van der Waals surface area contributed by atoms with E-state index in [0.717, 1.165) is 5.56 Å². The largest absolute Gasteiger partial charge is 0.496 e. The second-order valence-electron chi connectivity index (χ2n) is 5.17. The van der Waals surface area contributed by atoms with Crippen LogP contribution in [0.2, 0.25) is 0 Å². The van der Waals surface area contributed by atoms with Crippen LogP contribution in [-0.4, -0.2) is 40.4 Å². The molecule has 2 aliphatic heterocycles. The molecule has 0 unspecified atom stereocenters. The highest BCUT2D eigenvalue weighted by Gasteiger charge is 2.38. The minimum absolute atomic E-state index is 0.0558. The van der Waals surface area contributed by atoms with Crippen molar-refractivity contribution in [2.75, 3.05) is 34.4 Å². The lowest BCUT2D eigenvalue weighted by Crippen LogP contribution is -2.20. The maximum atomic E-state index is 11.7. The van der Waals surface area contributed by atoms with E-state index in [1.165, 1.54) is 7.11 Å². The molecule has 0 amide bonds. The van der Waals surface area contributed by atoms with Crippen molar-refractivity contribution in [2.45, 2.75) is 6.10 Å². The van der Waals surface area contributed by atoms with Crippen LogP contribution in [-0.2, 0) is 19.0 Å². The highest BCUT2D eigenvalue weighted by molar-refractivity contribution is 5.90. The van der Waals surface area contributed by atoms with E-state index in [1.54, 1.807) is 19.2 Å². The lowest BCUT2D eigenvalue weighted by molar-refractivity contribution is -0.135. The molecule has 1 fully saturated rings. The molecule has 3 rings (SSSR count). The first-order valence-electron chi connectivity index (χ1n) is 7.09. The van der Waals surface area contributed by atoms with Gasteiger partial charge in [-0.05, 0) is 6.07 Å². The summed E-state index contributed by atoms with van der Waals surface area (Å²) in [5.74, 6) is 1.03. The molecule has 0 aromatic heterocycles. The Hall–Kier alpha value is -2.25. The molecule has 0 radical (unpaired) electrons. The van der Waals surface area contributed by atoms with Crippen molar-refractivity contribution in [1.29, 1.82) is 0 Å². The number of ether oxygens (including phenoxy) is 6. The molecule has 2 atom stereocenters. The number of carbonyl (C=O) groups is 1. The number of hydrogen-bond acceptors (Lipinski definition) is 7. The lowest BCUT2D eigenvalue weighted by atomic mass is 9.91. The smallest absolute Gasteiger partial charge is 0.333 e. The van der Waals surface area contributed by atoms with Gasteiger partial charge in [0.25, 0.3) is 0 Å². The Morgan fingerprint density at radius 3 is 2.61 bits per heavy atom. The summed E-state index contributed by atoms with van der Waals surface area (Å²) < 4.78 is 32.1. The Morgan fingerprint density at radius 1 is 1.26 bits per heavy atom. The molecule has 0 N–H and O–H groups in total. The first-order valence-corrected chi connectivity index (χ1v) is 7.09. The van der Waals surface area contributed by atoms with E-state index < -0.39 is 12.1 Å². The standard InChI is InChI=1S/C16H18O7/c1-9-11(6-20-16(9)17)15(23-7-18-2)10-4-13-14(22-8-21-13)5-12(10)19-3/h4-5,11,15H,1,6-8H2,2-3H3/t11-,15+/m0/s1. The fourth-order valence-electron chi connectivity index (χ4n) is 2.68. The Balaban J connectivity index is 1.99. The van der Waals surface area contributed by atoms with E-state index in [0.29, 0.717) is 22.8 Å². The van der Waals surface area contributed by atoms with Crippen molar-refractivity contribution in [3.05, 3.63) is 29.8 Å². The molecule has 23 heavy (non-hydrogen) atoms. The molecular weight excluding hydrogens is 304 g/mol. The maximum absolute atomic E-state index is 11.7. The summed E-state index contributed by atoms with van der Waals surface area (Å²) in [6.45, 7) is 4.22. The summed E-state index contributed by atoms with van der Waals surface area (Å²) in [4.78, 5) is 11.7. The highest BCUT2D eigenvalue weighted by atomic mass is 16.7. The van der Waals surface area contributed by atoms with Gasteiger partial charge < -0.3 is 28.4 Å². The number of esters is 1. The van der Waals surface area contributed by atoms with Gasteiger partial charge in [-0.2, -0.15) is 0 Å². The van der Waals surface area contributed by atoms with E-state index in [4.69, 9.17) is 28.4 Å². The van der Waals surface area contributed by atoms with Crippen molar-refractivity contribution < 1.29 is 33.2 Å². The van der Waals surface area contributed by atoms with Crippen LogP contribution in [0.5, 0.6) is 17.2 Å². The number of fused-ring (bicyclic) bond motifs is 1. The highest BCUT2D eigenvalue weighted by Crippen LogP contribution is 2.45. The Kier molecular flexibility index (Phi) is 4.40. The molecule has 0 aliphatic carbocycles. The zero-order chi connectivity index (χ0) is 16.4. The second-order valence-corrected chi connectivity index (χ2v) is 5.17. The minimum atomic E-state index is -0.515. The summed E-state index contributed by atoms with van der Waals surface area (Å²) in [6.07, 6.45) is -0.515. The van der Waals surface area contributed by atoms with Gasteiger partial charge in [0.15, 0.2) is 11.5 Å². The fourth-order valence-corrected chi connectivity index (χ4v) is 2.68. The van der Waals surface area contributed by atoms with Crippen LogP contribution in [0.25, 0.3) is 0 Å². The van der Waals surface area contributed by atoms with Crippen molar-refractivity contribution in [3.8, 4) is 17.2 Å². The van der Waals surface area contributed by atoms with E-state index in [9.17, 15) is 4.79 Å². The van der Waals surface area contributed by atoms with E-state index >= 15 is 0 Å². The van der Waals surface area contributed by atoms with Gasteiger partial charge in [-0.15, -0.1) is 0 Å². The Labute approximate surface area is 133 Å². The number of methoxy groups -OCH3 is 2. The van der Waals surface area contributed by atoms with Gasteiger partial charge >= 0.3 is 5.97 Å². The molecule has 1 aromatic carbocycles. The zero-order valence-electron chi connectivity index (χ0n) is 13.0. The van der Waals surface area contributed by atoms with Crippen LogP contribution in [0.15, 0.2) is 24.3 Å². The lowest BCUT2D eigenvalue weighted by Gasteiger charge is -2.24. The zero-order valence-corrected chi connectivity index (χ0v) is 13.0. The summed E-state index contributed by atoms with van der Waals surface area (Å²) in [7, 11) is 3.08.